The molecule has 0 fully saturated rings. The van der Waals surface area contributed by atoms with Gasteiger partial charge in [-0.3, -0.25) is 0 Å². The van der Waals surface area contributed by atoms with E-state index in [1.807, 2.05) is 0 Å². The molecule has 0 aromatic carbocycles. The Labute approximate surface area is 73.2 Å². The Kier molecular flexibility index (Phi) is 712. The van der Waals surface area contributed by atoms with Crippen molar-refractivity contribution in [1.29, 1.82) is 0 Å². The van der Waals surface area contributed by atoms with E-state index in [1.165, 1.54) is 0 Å². The van der Waals surface area contributed by atoms with Crippen molar-refractivity contribution in [3.8, 4) is 0 Å². The van der Waals surface area contributed by atoms with Gasteiger partial charge in [0.2, 0.25) is 0 Å². The summed E-state index contributed by atoms with van der Waals surface area (Å²) in [5, 5.41) is 0. The zero-order valence-electron chi connectivity index (χ0n) is 3.57. The Balaban J connectivity index is -0.00000000200. The molecule has 0 atom stereocenters. The van der Waals surface area contributed by atoms with Gasteiger partial charge in [-0.15, -0.1) is 0 Å². The molecule has 6 N–H and O–H groups in total. The topological polar surface area (TPSA) is 129 Å². The molecule has 0 rings (SSSR count). The van der Waals surface area contributed by atoms with Crippen molar-refractivity contribution in [2.75, 3.05) is 0 Å². The molecule has 0 saturated heterocycles. The Morgan fingerprint density at radius 2 is 0.750 bits per heavy atom. The van der Waals surface area contributed by atoms with Crippen LogP contribution in [0, 0.1) is 27.8 Å². The first-order valence-corrected chi connectivity index (χ1v) is 3.81. The van der Waals surface area contributed by atoms with Crippen LogP contribution in [0.2, 0.25) is 0 Å². The van der Waals surface area contributed by atoms with Crippen LogP contribution >= 0.6 is 0 Å². The van der Waals surface area contributed by atoms with E-state index in [-0.39, 0.29) is 41.2 Å². The number of rotatable bonds is 0. The zero-order chi connectivity index (χ0) is 2.71. The first kappa shape index (κ1) is 61.9. The van der Waals surface area contributed by atoms with Crippen molar-refractivity contribution in [3.05, 3.63) is 0 Å². The van der Waals surface area contributed by atoms with Crippen molar-refractivity contribution >= 4 is 0 Å². The second-order valence-corrected chi connectivity index (χ2v) is 0.777. The summed E-state index contributed by atoms with van der Waals surface area (Å²) in [6, 6.07) is 0. The number of halogens is 2. The van der Waals surface area contributed by atoms with E-state index < -0.39 is 27.8 Å². The van der Waals surface area contributed by atoms with Crippen LogP contribution in [0.1, 0.15) is 0 Å². The Morgan fingerprint density at radius 1 is 0.750 bits per heavy atom. The molecule has 0 aliphatic carbocycles. The fourth-order valence-corrected chi connectivity index (χ4v) is 0. The summed E-state index contributed by atoms with van der Waals surface area (Å²) in [5.74, 6) is 0. The van der Waals surface area contributed by atoms with Crippen LogP contribution < -0.4 is 24.8 Å². The summed E-state index contributed by atoms with van der Waals surface area (Å²) in [7, 11) is 0. The van der Waals surface area contributed by atoms with Gasteiger partial charge in [0, 0.05) is 0 Å². The van der Waals surface area contributed by atoms with Gasteiger partial charge in [-0.2, -0.15) is 0 Å². The van der Waals surface area contributed by atoms with Gasteiger partial charge in [0.15, 0.2) is 0 Å². The van der Waals surface area contributed by atoms with Gasteiger partial charge in [-0.1, -0.05) is 0 Å². The molecule has 0 spiro atoms. The third-order valence-electron chi connectivity index (χ3n) is 0. The number of hydrogen-bond donors (Lipinski definition) is 0. The normalized spacial score (nSPS) is 1.00. The average Bonchev–Trinajstić information content (AvgIpc) is 0.918. The van der Waals surface area contributed by atoms with Crippen molar-refractivity contribution in [1.82, 2.24) is 0 Å². The van der Waals surface area contributed by atoms with Crippen molar-refractivity contribution in [2.24, 2.45) is 0 Å². The van der Waals surface area contributed by atoms with E-state index in [9.17, 15) is 0 Å². The van der Waals surface area contributed by atoms with E-state index in [1.54, 1.807) is 0 Å². The van der Waals surface area contributed by atoms with Gasteiger partial charge in [-0.25, -0.2) is 0 Å². The molecule has 0 aromatic heterocycles. The van der Waals surface area contributed by atoms with Gasteiger partial charge in [0.25, 0.3) is 0 Å². The molecule has 0 unspecified atom stereocenters. The van der Waals surface area contributed by atoms with E-state index in [0.29, 0.717) is 0 Å². The van der Waals surface area contributed by atoms with E-state index in [2.05, 4.69) is 0 Å². The molecular formula is H6Cl2O5U. The quantitative estimate of drug-likeness (QED) is 0.404. The predicted octanol–water partition coefficient (Wildman–Crippen LogP) is -8.70. The molecule has 0 radical (unpaired) electrons. The molecule has 0 aromatic rings. The standard InChI is InChI=1S/2ClH.3H2O.2O.U/h2*1H;3*1H2;;;/q;;;;;;;+2/p-2. The van der Waals surface area contributed by atoms with Gasteiger partial charge in [0.1, 0.15) is 0 Å². The first-order chi connectivity index (χ1) is 1.41. The Morgan fingerprint density at radius 3 is 0.750 bits per heavy atom. The van der Waals surface area contributed by atoms with Crippen LogP contribution in [-0.4, -0.2) is 16.4 Å². The van der Waals surface area contributed by atoms with Crippen molar-refractivity contribution in [3.63, 3.8) is 0 Å². The Bertz CT molecular complexity index is 31.4. The second-order valence-electron chi connectivity index (χ2n) is 0.0833. The maximum absolute atomic E-state index is 8.58. The van der Waals surface area contributed by atoms with Gasteiger partial charge < -0.3 is 41.2 Å². The minimum absolute atomic E-state index is 0. The summed E-state index contributed by atoms with van der Waals surface area (Å²) >= 11 is -2.51. The average molecular weight is 395 g/mol. The Hall–Kier alpha value is 1.11. The summed E-state index contributed by atoms with van der Waals surface area (Å²) in [6.45, 7) is 0. The van der Waals surface area contributed by atoms with Crippen LogP contribution in [0.3, 0.4) is 0 Å². The molecule has 5 nitrogen and oxygen atoms in total. The van der Waals surface area contributed by atoms with E-state index in [4.69, 9.17) is 4.47 Å². The molecule has 0 amide bonds. The van der Waals surface area contributed by atoms with Crippen molar-refractivity contribution < 1.29 is 73.5 Å². The van der Waals surface area contributed by atoms with Gasteiger partial charge in [0.05, 0.1) is 0 Å². The molecule has 0 heterocycles. The minimum atomic E-state index is -2.51. The van der Waals surface area contributed by atoms with Crippen LogP contribution in [0.15, 0.2) is 0 Å². The third kappa shape index (κ3) is 215. The fourth-order valence-electron chi connectivity index (χ4n) is 0. The zero-order valence-corrected chi connectivity index (χ0v) is 9.25. The molecule has 0 bridgehead atoms. The number of hydrogen-bond acceptors (Lipinski definition) is 2. The molecule has 54 valence electrons. The third-order valence-corrected chi connectivity index (χ3v) is 0. The molecular weight excluding hydrogens is 389 g/mol. The van der Waals surface area contributed by atoms with Crippen LogP contribution in [-0.2, 0) is 4.47 Å². The molecule has 0 saturated carbocycles. The maximum atomic E-state index is 8.58. The predicted molar refractivity (Wildman–Crippen MR) is 12.2 cm³/mol. The molecule has 0 aliphatic heterocycles. The van der Waals surface area contributed by atoms with Crippen LogP contribution in [0.5, 0.6) is 0 Å². The van der Waals surface area contributed by atoms with Crippen LogP contribution in [0.25, 0.3) is 0 Å². The summed E-state index contributed by atoms with van der Waals surface area (Å²) < 4.78 is 17.2. The van der Waals surface area contributed by atoms with E-state index in [0.717, 1.165) is 0 Å². The summed E-state index contributed by atoms with van der Waals surface area (Å²) in [5.41, 5.74) is 0. The fraction of sp³-hybridized carbons (Fsp3) is 0. The van der Waals surface area contributed by atoms with Gasteiger partial charge >= 0.3 is 32.3 Å². The summed E-state index contributed by atoms with van der Waals surface area (Å²) in [4.78, 5) is 0. The molecule has 8 heavy (non-hydrogen) atoms. The monoisotopic (exact) mass is 394 g/mol. The van der Waals surface area contributed by atoms with Crippen molar-refractivity contribution in [2.45, 2.75) is 0 Å². The molecule has 0 aliphatic rings. The SMILES string of the molecule is O.O.O.[Cl-].[Cl-].[O]=[U+2]=[O]. The van der Waals surface area contributed by atoms with Crippen LogP contribution in [0.4, 0.5) is 0 Å². The second kappa shape index (κ2) is 92.0. The van der Waals surface area contributed by atoms with Gasteiger partial charge in [-0.05, 0) is 0 Å². The molecule has 8 heteroatoms. The van der Waals surface area contributed by atoms with E-state index >= 15 is 0 Å². The first-order valence-electron chi connectivity index (χ1n) is 0.408. The summed E-state index contributed by atoms with van der Waals surface area (Å²) in [6.07, 6.45) is 0.